The molecule has 9 nitrogen and oxygen atoms in total. The lowest BCUT2D eigenvalue weighted by atomic mass is 9.80. The Bertz CT molecular complexity index is 1470. The largest absolute Gasteiger partial charge is 0.484 e. The van der Waals surface area contributed by atoms with Crippen LogP contribution in [0.25, 0.3) is 0 Å². The summed E-state index contributed by atoms with van der Waals surface area (Å²) in [4.78, 5) is 36.6. The zero-order chi connectivity index (χ0) is 33.3. The number of hydroxylamine groups is 1. The SMILES string of the molecule is CC(C)(C)C1CC(ONC(=O)COc2ccc(/C(Cc3ccccc3)=N/OCc3ccc(C(F)(F)F)cc3)cc2)CCN1C(=O)O. The summed E-state index contributed by atoms with van der Waals surface area (Å²) in [6.45, 7) is 5.93. The lowest BCUT2D eigenvalue weighted by Crippen LogP contribution is -2.54. The number of likely N-dealkylation sites (tertiary alicyclic amines) is 1. The Labute approximate surface area is 265 Å². The van der Waals surface area contributed by atoms with Crippen molar-refractivity contribution >= 4 is 17.7 Å². The minimum Gasteiger partial charge on any atom is -0.484 e. The fourth-order valence-corrected chi connectivity index (χ4v) is 5.11. The number of benzene rings is 3. The molecule has 0 saturated carbocycles. The van der Waals surface area contributed by atoms with E-state index >= 15 is 0 Å². The number of carbonyl (C=O) groups is 2. The average molecular weight is 642 g/mol. The molecule has 3 aromatic carbocycles. The Morgan fingerprint density at radius 1 is 0.957 bits per heavy atom. The molecular formula is C34H38F3N3O6. The summed E-state index contributed by atoms with van der Waals surface area (Å²) in [5.74, 6) is -0.0498. The molecule has 1 fully saturated rings. The number of piperidine rings is 1. The normalized spacial score (nSPS) is 17.3. The molecule has 0 aliphatic carbocycles. The van der Waals surface area contributed by atoms with Crippen LogP contribution in [0.15, 0.2) is 84.0 Å². The summed E-state index contributed by atoms with van der Waals surface area (Å²) in [7, 11) is 0. The van der Waals surface area contributed by atoms with Gasteiger partial charge in [-0.1, -0.05) is 68.4 Å². The molecule has 0 radical (unpaired) electrons. The number of alkyl halides is 3. The van der Waals surface area contributed by atoms with Gasteiger partial charge in [-0.3, -0.25) is 9.63 Å². The van der Waals surface area contributed by atoms with E-state index in [2.05, 4.69) is 10.6 Å². The van der Waals surface area contributed by atoms with E-state index in [9.17, 15) is 27.9 Å². The molecular weight excluding hydrogens is 603 g/mol. The number of hydrogen-bond acceptors (Lipinski definition) is 6. The predicted octanol–water partition coefficient (Wildman–Crippen LogP) is 6.85. The molecule has 3 aromatic rings. The molecule has 46 heavy (non-hydrogen) atoms. The van der Waals surface area contributed by atoms with Gasteiger partial charge in [-0.15, -0.1) is 0 Å². The van der Waals surface area contributed by atoms with Crippen LogP contribution < -0.4 is 10.2 Å². The second-order valence-corrected chi connectivity index (χ2v) is 12.1. The molecule has 246 valence electrons. The number of hydrogen-bond donors (Lipinski definition) is 2. The van der Waals surface area contributed by atoms with Crippen LogP contribution in [0.3, 0.4) is 0 Å². The van der Waals surface area contributed by atoms with Crippen molar-refractivity contribution in [2.75, 3.05) is 13.2 Å². The van der Waals surface area contributed by atoms with Crippen molar-refractivity contribution in [1.29, 1.82) is 0 Å². The van der Waals surface area contributed by atoms with E-state index in [4.69, 9.17) is 14.4 Å². The Morgan fingerprint density at radius 2 is 1.63 bits per heavy atom. The third kappa shape index (κ3) is 9.96. The van der Waals surface area contributed by atoms with Gasteiger partial charge in [0.25, 0.3) is 5.91 Å². The minimum absolute atomic E-state index is 0.00959. The van der Waals surface area contributed by atoms with E-state index in [1.54, 1.807) is 24.3 Å². The van der Waals surface area contributed by atoms with Crippen molar-refractivity contribution in [3.63, 3.8) is 0 Å². The van der Waals surface area contributed by atoms with E-state index in [-0.39, 0.29) is 30.8 Å². The number of rotatable bonds is 11. The van der Waals surface area contributed by atoms with Gasteiger partial charge in [-0.05, 0) is 71.3 Å². The zero-order valence-electron chi connectivity index (χ0n) is 25.9. The van der Waals surface area contributed by atoms with Crippen molar-refractivity contribution in [2.24, 2.45) is 10.6 Å². The molecule has 0 spiro atoms. The van der Waals surface area contributed by atoms with E-state index in [1.165, 1.54) is 17.0 Å². The number of ether oxygens (including phenoxy) is 1. The Balaban J connectivity index is 1.32. The molecule has 1 saturated heterocycles. The smallest absolute Gasteiger partial charge is 0.416 e. The summed E-state index contributed by atoms with van der Waals surface area (Å²) in [6.07, 6.45) is -4.35. The Hall–Kier alpha value is -4.58. The zero-order valence-corrected chi connectivity index (χ0v) is 25.9. The van der Waals surface area contributed by atoms with Gasteiger partial charge in [0.1, 0.15) is 12.4 Å². The van der Waals surface area contributed by atoms with Crippen molar-refractivity contribution < 1.29 is 42.3 Å². The minimum atomic E-state index is -4.41. The Kier molecular flexibility index (Phi) is 11.3. The number of nitrogens with one attached hydrogen (secondary N) is 1. The first kappa shape index (κ1) is 34.3. The standard InChI is InChI=1S/C34H38F3N3O6/c1-33(2,3)30-20-28(17-18-40(30)32(42)43)46-39-31(41)22-44-27-15-11-25(12-16-27)29(19-23-7-5-4-6-8-23)38-45-21-24-9-13-26(14-10-24)34(35,36)37/h4-16,28,30H,17-22H2,1-3H3,(H,39,41)(H,42,43)/b38-29+. The summed E-state index contributed by atoms with van der Waals surface area (Å²) in [6, 6.07) is 21.0. The van der Waals surface area contributed by atoms with Gasteiger partial charge < -0.3 is 19.6 Å². The van der Waals surface area contributed by atoms with Crippen LogP contribution in [-0.2, 0) is 33.7 Å². The number of nitrogens with zero attached hydrogens (tertiary/aromatic N) is 2. The van der Waals surface area contributed by atoms with Crippen molar-refractivity contribution in [3.8, 4) is 5.75 Å². The number of carbonyl (C=O) groups excluding carboxylic acids is 1. The maximum Gasteiger partial charge on any atom is 0.416 e. The van der Waals surface area contributed by atoms with Gasteiger partial charge in [0.05, 0.1) is 17.4 Å². The molecule has 1 aliphatic rings. The second kappa shape index (κ2) is 15.1. The van der Waals surface area contributed by atoms with Gasteiger partial charge >= 0.3 is 12.3 Å². The van der Waals surface area contributed by atoms with Crippen LogP contribution in [0.4, 0.5) is 18.0 Å². The number of amides is 2. The van der Waals surface area contributed by atoms with Gasteiger partial charge in [-0.2, -0.15) is 13.2 Å². The maximum absolute atomic E-state index is 12.9. The molecule has 0 aromatic heterocycles. The van der Waals surface area contributed by atoms with Crippen molar-refractivity contribution in [3.05, 3.63) is 101 Å². The molecule has 1 heterocycles. The Morgan fingerprint density at radius 3 is 2.24 bits per heavy atom. The monoisotopic (exact) mass is 641 g/mol. The lowest BCUT2D eigenvalue weighted by molar-refractivity contribution is -0.145. The number of oxime groups is 1. The molecule has 12 heteroatoms. The van der Waals surface area contributed by atoms with E-state index in [0.29, 0.717) is 42.8 Å². The maximum atomic E-state index is 12.9. The summed E-state index contributed by atoms with van der Waals surface area (Å²) in [5.41, 5.74) is 4.26. The first-order valence-electron chi connectivity index (χ1n) is 14.9. The molecule has 0 bridgehead atoms. The topological polar surface area (TPSA) is 110 Å². The quantitative estimate of drug-likeness (QED) is 0.175. The molecule has 2 amide bonds. The van der Waals surface area contributed by atoms with E-state index < -0.39 is 23.7 Å². The first-order valence-corrected chi connectivity index (χ1v) is 14.9. The van der Waals surface area contributed by atoms with Crippen LogP contribution in [-0.4, -0.2) is 53.0 Å². The van der Waals surface area contributed by atoms with Crippen molar-refractivity contribution in [2.45, 2.75) is 65.0 Å². The van der Waals surface area contributed by atoms with E-state index in [1.807, 2.05) is 51.1 Å². The van der Waals surface area contributed by atoms with Crippen LogP contribution in [0, 0.1) is 5.41 Å². The molecule has 2 N–H and O–H groups in total. The molecule has 1 aliphatic heterocycles. The highest BCUT2D eigenvalue weighted by Crippen LogP contribution is 2.33. The van der Waals surface area contributed by atoms with Gasteiger partial charge in [0.15, 0.2) is 6.61 Å². The fourth-order valence-electron chi connectivity index (χ4n) is 5.11. The van der Waals surface area contributed by atoms with Crippen LogP contribution in [0.1, 0.15) is 55.9 Å². The van der Waals surface area contributed by atoms with Crippen LogP contribution in [0.2, 0.25) is 0 Å². The van der Waals surface area contributed by atoms with Crippen LogP contribution in [0.5, 0.6) is 5.75 Å². The molecule has 2 atom stereocenters. The highest BCUT2D eigenvalue weighted by Gasteiger charge is 2.39. The van der Waals surface area contributed by atoms with Gasteiger partial charge in [-0.25, -0.2) is 10.3 Å². The highest BCUT2D eigenvalue weighted by molar-refractivity contribution is 6.01. The summed E-state index contributed by atoms with van der Waals surface area (Å²) >= 11 is 0. The molecule has 4 rings (SSSR count). The predicted molar refractivity (Wildman–Crippen MR) is 165 cm³/mol. The van der Waals surface area contributed by atoms with Crippen LogP contribution >= 0.6 is 0 Å². The van der Waals surface area contributed by atoms with E-state index in [0.717, 1.165) is 23.3 Å². The highest BCUT2D eigenvalue weighted by atomic mass is 19.4. The lowest BCUT2D eigenvalue weighted by Gasteiger charge is -2.44. The number of halogens is 3. The molecule has 2 unspecified atom stereocenters. The van der Waals surface area contributed by atoms with Gasteiger partial charge in [0, 0.05) is 19.0 Å². The average Bonchev–Trinajstić information content (AvgIpc) is 3.02. The summed E-state index contributed by atoms with van der Waals surface area (Å²) < 4.78 is 44.2. The number of carboxylic acid groups (broad SMARTS) is 1. The summed E-state index contributed by atoms with van der Waals surface area (Å²) in [5, 5.41) is 13.8. The van der Waals surface area contributed by atoms with Crippen molar-refractivity contribution in [1.82, 2.24) is 10.4 Å². The third-order valence-corrected chi connectivity index (χ3v) is 7.60. The fraction of sp³-hybridized carbons (Fsp3) is 0.382. The second-order valence-electron chi connectivity index (χ2n) is 12.1. The van der Waals surface area contributed by atoms with Gasteiger partial charge in [0.2, 0.25) is 0 Å². The first-order chi connectivity index (χ1) is 21.8. The third-order valence-electron chi connectivity index (χ3n) is 7.60.